The van der Waals surface area contributed by atoms with Crippen LogP contribution in [-0.2, 0) is 19.1 Å². The van der Waals surface area contributed by atoms with Gasteiger partial charge in [-0.05, 0) is 58.8 Å². The van der Waals surface area contributed by atoms with Crippen molar-refractivity contribution in [3.8, 4) is 0 Å². The van der Waals surface area contributed by atoms with Gasteiger partial charge in [-0.2, -0.15) is 0 Å². The van der Waals surface area contributed by atoms with Crippen molar-refractivity contribution in [1.82, 2.24) is 15.5 Å². The van der Waals surface area contributed by atoms with E-state index in [2.05, 4.69) is 17.6 Å². The summed E-state index contributed by atoms with van der Waals surface area (Å²) in [6.45, 7) is 9.07. The van der Waals surface area contributed by atoms with E-state index in [9.17, 15) is 14.4 Å². The highest BCUT2D eigenvalue weighted by atomic mass is 16.5. The molecule has 0 aromatic carbocycles. The van der Waals surface area contributed by atoms with Gasteiger partial charge in [-0.3, -0.25) is 14.4 Å². The number of ether oxygens (including phenoxy) is 1. The lowest BCUT2D eigenvalue weighted by molar-refractivity contribution is -0.146. The Morgan fingerprint density at radius 1 is 1.19 bits per heavy atom. The van der Waals surface area contributed by atoms with Crippen LogP contribution in [0, 0.1) is 11.8 Å². The zero-order valence-corrected chi connectivity index (χ0v) is 20.1. The molecule has 0 saturated carbocycles. The average molecular weight is 452 g/mol. The highest BCUT2D eigenvalue weighted by Crippen LogP contribution is 2.63. The van der Waals surface area contributed by atoms with E-state index in [0.29, 0.717) is 38.8 Å². The number of rotatable bonds is 12. The smallest absolute Gasteiger partial charge is 0.246 e. The van der Waals surface area contributed by atoms with Crippen LogP contribution in [0.3, 0.4) is 0 Å². The van der Waals surface area contributed by atoms with E-state index in [-0.39, 0.29) is 30.4 Å². The van der Waals surface area contributed by atoms with Crippen LogP contribution in [0.15, 0.2) is 0 Å². The summed E-state index contributed by atoms with van der Waals surface area (Å²) in [5.74, 6) is -1.68. The van der Waals surface area contributed by atoms with Gasteiger partial charge in [0.2, 0.25) is 17.7 Å². The first-order valence-electron chi connectivity index (χ1n) is 12.4. The minimum atomic E-state index is -0.951. The number of amides is 3. The molecule has 32 heavy (non-hydrogen) atoms. The SMILES string of the molecule is CCCNC(=O)[C@H]1[C@H]2C(=O)N(CCCCCO)C(C(=O)NC(C)CCC)C23CC[C@]1(C)O3. The molecule has 0 aromatic heterocycles. The summed E-state index contributed by atoms with van der Waals surface area (Å²) in [4.78, 5) is 42.1. The fraction of sp³-hybridized carbons (Fsp3) is 0.875. The monoisotopic (exact) mass is 451 g/mol. The maximum atomic E-state index is 13.7. The van der Waals surface area contributed by atoms with Gasteiger partial charge in [0.25, 0.3) is 0 Å². The van der Waals surface area contributed by atoms with E-state index < -0.39 is 29.1 Å². The Morgan fingerprint density at radius 2 is 1.94 bits per heavy atom. The van der Waals surface area contributed by atoms with Gasteiger partial charge in [0.15, 0.2) is 0 Å². The van der Waals surface area contributed by atoms with Gasteiger partial charge in [-0.1, -0.05) is 20.3 Å². The van der Waals surface area contributed by atoms with Crippen LogP contribution in [0.5, 0.6) is 0 Å². The molecule has 3 saturated heterocycles. The van der Waals surface area contributed by atoms with Gasteiger partial charge in [-0.15, -0.1) is 0 Å². The first-order chi connectivity index (χ1) is 15.3. The Kier molecular flexibility index (Phi) is 7.86. The predicted octanol–water partition coefficient (Wildman–Crippen LogP) is 1.74. The fourth-order valence-electron chi connectivity index (χ4n) is 6.12. The van der Waals surface area contributed by atoms with Gasteiger partial charge in [-0.25, -0.2) is 0 Å². The van der Waals surface area contributed by atoms with Gasteiger partial charge in [0.05, 0.1) is 17.4 Å². The average Bonchev–Trinajstić information content (AvgIpc) is 3.30. The Morgan fingerprint density at radius 3 is 2.59 bits per heavy atom. The van der Waals surface area contributed by atoms with E-state index in [0.717, 1.165) is 25.7 Å². The number of likely N-dealkylation sites (tertiary alicyclic amines) is 1. The molecular formula is C24H41N3O5. The molecule has 3 amide bonds. The van der Waals surface area contributed by atoms with Crippen LogP contribution >= 0.6 is 0 Å². The van der Waals surface area contributed by atoms with Gasteiger partial charge in [0, 0.05) is 25.7 Å². The van der Waals surface area contributed by atoms with E-state index >= 15 is 0 Å². The van der Waals surface area contributed by atoms with Crippen molar-refractivity contribution in [2.24, 2.45) is 11.8 Å². The Labute approximate surface area is 191 Å². The van der Waals surface area contributed by atoms with Gasteiger partial charge >= 0.3 is 0 Å². The van der Waals surface area contributed by atoms with E-state index in [1.54, 1.807) is 4.90 Å². The van der Waals surface area contributed by atoms with Gasteiger partial charge < -0.3 is 25.4 Å². The van der Waals surface area contributed by atoms with E-state index in [1.165, 1.54) is 0 Å². The minimum absolute atomic E-state index is 0.00660. The number of carbonyl (C=O) groups is 3. The summed E-state index contributed by atoms with van der Waals surface area (Å²) < 4.78 is 6.56. The molecule has 3 heterocycles. The second-order valence-corrected chi connectivity index (χ2v) is 10.0. The van der Waals surface area contributed by atoms with E-state index in [4.69, 9.17) is 9.84 Å². The summed E-state index contributed by atoms with van der Waals surface area (Å²) in [5, 5.41) is 15.2. The second-order valence-electron chi connectivity index (χ2n) is 10.0. The molecule has 0 radical (unpaired) electrons. The summed E-state index contributed by atoms with van der Waals surface area (Å²) >= 11 is 0. The number of aliphatic hydroxyl groups is 1. The summed E-state index contributed by atoms with van der Waals surface area (Å²) in [6.07, 6.45) is 6.04. The summed E-state index contributed by atoms with van der Waals surface area (Å²) in [6, 6.07) is -0.716. The maximum absolute atomic E-state index is 13.7. The molecule has 8 heteroatoms. The van der Waals surface area contributed by atoms with Crippen molar-refractivity contribution in [2.45, 2.75) is 102 Å². The highest BCUT2D eigenvalue weighted by Gasteiger charge is 2.77. The number of hydrogen-bond donors (Lipinski definition) is 3. The summed E-state index contributed by atoms with van der Waals surface area (Å²) in [5.41, 5.74) is -1.68. The fourth-order valence-corrected chi connectivity index (χ4v) is 6.12. The largest absolute Gasteiger partial charge is 0.396 e. The quantitative estimate of drug-likeness (QED) is 0.392. The topological polar surface area (TPSA) is 108 Å². The molecule has 182 valence electrons. The first-order valence-corrected chi connectivity index (χ1v) is 12.4. The van der Waals surface area contributed by atoms with Gasteiger partial charge in [0.1, 0.15) is 11.6 Å². The molecule has 2 bridgehead atoms. The Bertz CT molecular complexity index is 716. The lowest BCUT2D eigenvalue weighted by Gasteiger charge is -2.34. The van der Waals surface area contributed by atoms with Crippen LogP contribution in [0.2, 0.25) is 0 Å². The van der Waals surface area contributed by atoms with Crippen molar-refractivity contribution in [1.29, 1.82) is 0 Å². The van der Waals surface area contributed by atoms with Crippen LogP contribution < -0.4 is 10.6 Å². The Hall–Kier alpha value is -1.67. The normalized spacial score (nSPS) is 34.0. The Balaban J connectivity index is 1.91. The van der Waals surface area contributed by atoms with Crippen molar-refractivity contribution < 1.29 is 24.2 Å². The molecule has 0 aromatic rings. The van der Waals surface area contributed by atoms with Crippen molar-refractivity contribution >= 4 is 17.7 Å². The molecule has 6 atom stereocenters. The third-order valence-corrected chi connectivity index (χ3v) is 7.52. The number of unbranched alkanes of at least 4 members (excludes halogenated alkanes) is 2. The maximum Gasteiger partial charge on any atom is 0.246 e. The minimum Gasteiger partial charge on any atom is -0.396 e. The van der Waals surface area contributed by atoms with Crippen LogP contribution in [-0.4, -0.2) is 70.7 Å². The lowest BCUT2D eigenvalue weighted by Crippen LogP contribution is -2.56. The standard InChI is InChI=1S/C24H41N3O5/c1-5-10-16(3)26-21(30)19-24-12-11-23(4,32-24)17(20(29)25-13-6-2)18(24)22(31)27(19)14-8-7-9-15-28/h16-19,28H,5-15H2,1-4H3,(H,25,29)(H,26,30)/t16?,17-,18+,19?,23+,24?/m1/s1. The molecule has 3 unspecified atom stereocenters. The molecule has 3 N–H and O–H groups in total. The predicted molar refractivity (Wildman–Crippen MR) is 121 cm³/mol. The molecule has 1 spiro atoms. The number of fused-ring (bicyclic) bond motifs is 1. The van der Waals surface area contributed by atoms with E-state index in [1.807, 2.05) is 20.8 Å². The molecule has 8 nitrogen and oxygen atoms in total. The first kappa shape index (κ1) is 25.0. The number of nitrogens with zero attached hydrogens (tertiary/aromatic N) is 1. The molecule has 3 rings (SSSR count). The number of hydrogen-bond acceptors (Lipinski definition) is 5. The highest BCUT2D eigenvalue weighted by molar-refractivity contribution is 5.99. The number of carbonyl (C=O) groups excluding carboxylic acids is 3. The molecular weight excluding hydrogens is 410 g/mol. The zero-order chi connectivity index (χ0) is 23.5. The molecule has 3 fully saturated rings. The third kappa shape index (κ3) is 4.28. The number of aliphatic hydroxyl groups excluding tert-OH is 1. The van der Waals surface area contributed by atoms with Crippen molar-refractivity contribution in [2.75, 3.05) is 19.7 Å². The third-order valence-electron chi connectivity index (χ3n) is 7.52. The van der Waals surface area contributed by atoms with Crippen LogP contribution in [0.4, 0.5) is 0 Å². The van der Waals surface area contributed by atoms with Crippen molar-refractivity contribution in [3.05, 3.63) is 0 Å². The second kappa shape index (κ2) is 10.1. The molecule has 3 aliphatic heterocycles. The van der Waals surface area contributed by atoms with Crippen LogP contribution in [0.25, 0.3) is 0 Å². The lowest BCUT2D eigenvalue weighted by atomic mass is 9.66. The zero-order valence-electron chi connectivity index (χ0n) is 20.1. The summed E-state index contributed by atoms with van der Waals surface area (Å²) in [7, 11) is 0. The molecule has 3 aliphatic rings. The molecule has 0 aliphatic carbocycles. The number of nitrogens with one attached hydrogen (secondary N) is 2. The van der Waals surface area contributed by atoms with Crippen molar-refractivity contribution in [3.63, 3.8) is 0 Å². The van der Waals surface area contributed by atoms with Crippen LogP contribution in [0.1, 0.15) is 79.1 Å².